The fourth-order valence-corrected chi connectivity index (χ4v) is 4.54. The molecular formula is C27H34N2OS. The Morgan fingerprint density at radius 2 is 1.55 bits per heavy atom. The van der Waals surface area contributed by atoms with Gasteiger partial charge in [-0.05, 0) is 61.2 Å². The topological polar surface area (TPSA) is 23.6 Å². The van der Waals surface area contributed by atoms with E-state index in [9.17, 15) is 4.79 Å². The van der Waals surface area contributed by atoms with Crippen molar-refractivity contribution in [2.24, 2.45) is 5.92 Å². The SMILES string of the molecule is Cc1ccc(CN(CCC(C)C)Cc2ccc(C(=O)N(C)Cc3ccccc3)cc2)s1. The van der Waals surface area contributed by atoms with E-state index >= 15 is 0 Å². The average Bonchev–Trinajstić information content (AvgIpc) is 3.17. The van der Waals surface area contributed by atoms with E-state index < -0.39 is 0 Å². The van der Waals surface area contributed by atoms with Crippen LogP contribution in [0.4, 0.5) is 0 Å². The van der Waals surface area contributed by atoms with Crippen LogP contribution in [0.15, 0.2) is 66.7 Å². The summed E-state index contributed by atoms with van der Waals surface area (Å²) in [6.07, 6.45) is 1.19. The zero-order valence-electron chi connectivity index (χ0n) is 19.2. The molecule has 3 rings (SSSR count). The highest BCUT2D eigenvalue weighted by Crippen LogP contribution is 2.20. The lowest BCUT2D eigenvalue weighted by Gasteiger charge is -2.23. The summed E-state index contributed by atoms with van der Waals surface area (Å²) in [5.74, 6) is 0.744. The van der Waals surface area contributed by atoms with Gasteiger partial charge in [0.1, 0.15) is 0 Å². The molecule has 1 aromatic heterocycles. The molecule has 0 unspecified atom stereocenters. The monoisotopic (exact) mass is 434 g/mol. The van der Waals surface area contributed by atoms with Gasteiger partial charge in [-0.2, -0.15) is 0 Å². The lowest BCUT2D eigenvalue weighted by atomic mass is 10.1. The van der Waals surface area contributed by atoms with Crippen LogP contribution in [0.2, 0.25) is 0 Å². The lowest BCUT2D eigenvalue weighted by Crippen LogP contribution is -2.26. The van der Waals surface area contributed by atoms with Crippen LogP contribution in [-0.2, 0) is 19.6 Å². The van der Waals surface area contributed by atoms with Crippen molar-refractivity contribution in [2.45, 2.75) is 46.8 Å². The summed E-state index contributed by atoms with van der Waals surface area (Å²) in [5.41, 5.74) is 3.13. The van der Waals surface area contributed by atoms with Gasteiger partial charge < -0.3 is 4.90 Å². The summed E-state index contributed by atoms with van der Waals surface area (Å²) in [4.78, 5) is 19.9. The van der Waals surface area contributed by atoms with Crippen molar-refractivity contribution in [2.75, 3.05) is 13.6 Å². The summed E-state index contributed by atoms with van der Waals surface area (Å²) < 4.78 is 0. The van der Waals surface area contributed by atoms with Gasteiger partial charge in [-0.15, -0.1) is 11.3 Å². The third-order valence-electron chi connectivity index (χ3n) is 5.41. The van der Waals surface area contributed by atoms with E-state index in [0.717, 1.165) is 30.8 Å². The number of amides is 1. The number of aryl methyl sites for hydroxylation is 1. The van der Waals surface area contributed by atoms with Crippen LogP contribution >= 0.6 is 11.3 Å². The van der Waals surface area contributed by atoms with E-state index in [2.05, 4.69) is 49.9 Å². The van der Waals surface area contributed by atoms with E-state index in [-0.39, 0.29) is 5.91 Å². The van der Waals surface area contributed by atoms with Crippen LogP contribution < -0.4 is 0 Å². The summed E-state index contributed by atoms with van der Waals surface area (Å²) in [7, 11) is 1.86. The van der Waals surface area contributed by atoms with Gasteiger partial charge in [0.15, 0.2) is 0 Å². The lowest BCUT2D eigenvalue weighted by molar-refractivity contribution is 0.0785. The maximum Gasteiger partial charge on any atom is 0.253 e. The quantitative estimate of drug-likeness (QED) is 0.370. The number of thiophene rings is 1. The second-order valence-electron chi connectivity index (χ2n) is 8.75. The van der Waals surface area contributed by atoms with Gasteiger partial charge in [0, 0.05) is 42.0 Å². The van der Waals surface area contributed by atoms with Crippen LogP contribution in [0.3, 0.4) is 0 Å². The molecule has 2 aromatic carbocycles. The fraction of sp³-hybridized carbons (Fsp3) is 0.370. The molecule has 0 radical (unpaired) electrons. The first-order chi connectivity index (χ1) is 14.9. The van der Waals surface area contributed by atoms with Gasteiger partial charge in [-0.3, -0.25) is 9.69 Å². The maximum absolute atomic E-state index is 12.8. The molecule has 0 spiro atoms. The van der Waals surface area contributed by atoms with E-state index in [0.29, 0.717) is 12.5 Å². The van der Waals surface area contributed by atoms with Crippen LogP contribution in [0.25, 0.3) is 0 Å². The third kappa shape index (κ3) is 7.34. The predicted molar refractivity (Wildman–Crippen MR) is 131 cm³/mol. The second kappa shape index (κ2) is 11.3. The number of rotatable bonds is 10. The molecule has 0 aliphatic carbocycles. The Morgan fingerprint density at radius 1 is 0.871 bits per heavy atom. The third-order valence-corrected chi connectivity index (χ3v) is 6.40. The number of hydrogen-bond acceptors (Lipinski definition) is 3. The number of hydrogen-bond donors (Lipinski definition) is 0. The zero-order valence-corrected chi connectivity index (χ0v) is 20.0. The van der Waals surface area contributed by atoms with E-state index in [4.69, 9.17) is 0 Å². The van der Waals surface area contributed by atoms with Crippen LogP contribution in [-0.4, -0.2) is 29.3 Å². The summed E-state index contributed by atoms with van der Waals surface area (Å²) in [6.45, 7) is 10.3. The van der Waals surface area contributed by atoms with Gasteiger partial charge in [0.25, 0.3) is 5.91 Å². The second-order valence-corrected chi connectivity index (χ2v) is 10.1. The minimum atomic E-state index is 0.0566. The van der Waals surface area contributed by atoms with Gasteiger partial charge in [-0.1, -0.05) is 56.3 Å². The molecule has 1 heterocycles. The van der Waals surface area contributed by atoms with Gasteiger partial charge in [0.05, 0.1) is 0 Å². The molecular weight excluding hydrogens is 400 g/mol. The fourth-order valence-electron chi connectivity index (χ4n) is 3.61. The number of benzene rings is 2. The molecule has 1 amide bonds. The van der Waals surface area contributed by atoms with Crippen LogP contribution in [0, 0.1) is 12.8 Å². The molecule has 4 heteroatoms. The van der Waals surface area contributed by atoms with Crippen LogP contribution in [0.1, 0.15) is 51.5 Å². The summed E-state index contributed by atoms with van der Waals surface area (Å²) in [6, 6.07) is 22.7. The Kier molecular flexibility index (Phi) is 8.44. The molecule has 31 heavy (non-hydrogen) atoms. The van der Waals surface area contributed by atoms with Crippen molar-refractivity contribution in [3.63, 3.8) is 0 Å². The number of carbonyl (C=O) groups is 1. The highest BCUT2D eigenvalue weighted by atomic mass is 32.1. The van der Waals surface area contributed by atoms with Gasteiger partial charge in [0.2, 0.25) is 0 Å². The van der Waals surface area contributed by atoms with Crippen molar-refractivity contribution < 1.29 is 4.79 Å². The van der Waals surface area contributed by atoms with Crippen LogP contribution in [0.5, 0.6) is 0 Å². The molecule has 0 atom stereocenters. The highest BCUT2D eigenvalue weighted by Gasteiger charge is 2.14. The molecule has 0 bridgehead atoms. The highest BCUT2D eigenvalue weighted by molar-refractivity contribution is 7.11. The normalized spacial score (nSPS) is 11.3. The number of nitrogens with zero attached hydrogens (tertiary/aromatic N) is 2. The van der Waals surface area contributed by atoms with Gasteiger partial charge in [-0.25, -0.2) is 0 Å². The summed E-state index contributed by atoms with van der Waals surface area (Å²) in [5, 5.41) is 0. The molecule has 0 saturated carbocycles. The predicted octanol–water partition coefficient (Wildman–Crippen LogP) is 6.38. The molecule has 0 fully saturated rings. The van der Waals surface area contributed by atoms with E-state index in [1.807, 2.05) is 60.8 Å². The van der Waals surface area contributed by atoms with Crippen molar-refractivity contribution in [3.05, 3.63) is 93.2 Å². The minimum Gasteiger partial charge on any atom is -0.337 e. The first kappa shape index (κ1) is 23.2. The molecule has 0 aliphatic rings. The average molecular weight is 435 g/mol. The zero-order chi connectivity index (χ0) is 22.2. The summed E-state index contributed by atoms with van der Waals surface area (Å²) >= 11 is 1.88. The Bertz CT molecular complexity index is 947. The van der Waals surface area contributed by atoms with Crippen molar-refractivity contribution in [1.29, 1.82) is 0 Å². The Balaban J connectivity index is 1.62. The molecule has 0 N–H and O–H groups in total. The minimum absolute atomic E-state index is 0.0566. The smallest absolute Gasteiger partial charge is 0.253 e. The van der Waals surface area contributed by atoms with E-state index in [1.54, 1.807) is 4.90 Å². The van der Waals surface area contributed by atoms with Crippen molar-refractivity contribution >= 4 is 17.2 Å². The first-order valence-electron chi connectivity index (χ1n) is 11.1. The van der Waals surface area contributed by atoms with Crippen molar-refractivity contribution in [1.82, 2.24) is 9.80 Å². The molecule has 3 nitrogen and oxygen atoms in total. The largest absolute Gasteiger partial charge is 0.337 e. The van der Waals surface area contributed by atoms with Gasteiger partial charge >= 0.3 is 0 Å². The molecule has 3 aromatic rings. The molecule has 0 aliphatic heterocycles. The maximum atomic E-state index is 12.8. The Labute approximate surface area is 191 Å². The Morgan fingerprint density at radius 3 is 2.16 bits per heavy atom. The molecule has 0 saturated heterocycles. The number of carbonyl (C=O) groups excluding carboxylic acids is 1. The molecule has 164 valence electrons. The Hall–Kier alpha value is -2.43. The first-order valence-corrected chi connectivity index (χ1v) is 11.9. The van der Waals surface area contributed by atoms with E-state index in [1.165, 1.54) is 21.7 Å². The standard InChI is InChI=1S/C27H34N2OS/c1-21(2)16-17-29(20-26-15-10-22(3)31-26)19-24-11-13-25(14-12-24)27(30)28(4)18-23-8-6-5-7-9-23/h5-15,21H,16-20H2,1-4H3. The van der Waals surface area contributed by atoms with Crippen molar-refractivity contribution in [3.8, 4) is 0 Å².